The van der Waals surface area contributed by atoms with Crippen LogP contribution in [0.1, 0.15) is 45.2 Å². The highest BCUT2D eigenvalue weighted by atomic mass is 16.3. The molecule has 6 heteroatoms. The zero-order valence-electron chi connectivity index (χ0n) is 16.7. The standard InChI is InChI=1S/C22H29N3O3/c1-3-16(4-2)22(27)25-12-10-18(11-13-25)23-20(26)14-19-15-28-21(24-19)17-8-6-5-7-9-17/h5-9,15-16,18H,3-4,10-14H2,1-2H3,(H,23,26). The largest absolute Gasteiger partial charge is 0.444 e. The molecular weight excluding hydrogens is 354 g/mol. The first kappa shape index (κ1) is 20.1. The SMILES string of the molecule is CCC(CC)C(=O)N1CCC(NC(=O)Cc2coc(-c3ccccc3)n2)CC1. The van der Waals surface area contributed by atoms with Crippen molar-refractivity contribution < 1.29 is 14.0 Å². The van der Waals surface area contributed by atoms with Crippen molar-refractivity contribution in [2.45, 2.75) is 52.0 Å². The highest BCUT2D eigenvalue weighted by Gasteiger charge is 2.27. The van der Waals surface area contributed by atoms with Gasteiger partial charge in [-0.1, -0.05) is 32.0 Å². The number of amides is 2. The van der Waals surface area contributed by atoms with Gasteiger partial charge in [0, 0.05) is 30.6 Å². The van der Waals surface area contributed by atoms with Crippen molar-refractivity contribution in [1.82, 2.24) is 15.2 Å². The van der Waals surface area contributed by atoms with Crippen molar-refractivity contribution in [1.29, 1.82) is 0 Å². The second-order valence-corrected chi connectivity index (χ2v) is 7.37. The van der Waals surface area contributed by atoms with E-state index in [-0.39, 0.29) is 30.2 Å². The Labute approximate surface area is 166 Å². The third-order valence-electron chi connectivity index (χ3n) is 5.42. The summed E-state index contributed by atoms with van der Waals surface area (Å²) >= 11 is 0. The van der Waals surface area contributed by atoms with Crippen LogP contribution in [-0.4, -0.2) is 40.8 Å². The zero-order chi connectivity index (χ0) is 19.9. The van der Waals surface area contributed by atoms with Gasteiger partial charge in [0.25, 0.3) is 0 Å². The molecule has 0 spiro atoms. The van der Waals surface area contributed by atoms with Crippen LogP contribution in [0.4, 0.5) is 0 Å². The number of hydrogen-bond acceptors (Lipinski definition) is 4. The predicted molar refractivity (Wildman–Crippen MR) is 107 cm³/mol. The van der Waals surface area contributed by atoms with E-state index < -0.39 is 0 Å². The third-order valence-corrected chi connectivity index (χ3v) is 5.42. The molecule has 2 amide bonds. The van der Waals surface area contributed by atoms with Crippen molar-refractivity contribution >= 4 is 11.8 Å². The van der Waals surface area contributed by atoms with Crippen molar-refractivity contribution in [3.05, 3.63) is 42.3 Å². The first-order valence-corrected chi connectivity index (χ1v) is 10.2. The Hall–Kier alpha value is -2.63. The lowest BCUT2D eigenvalue weighted by atomic mass is 9.98. The monoisotopic (exact) mass is 383 g/mol. The van der Waals surface area contributed by atoms with E-state index in [0.29, 0.717) is 24.7 Å². The van der Waals surface area contributed by atoms with Gasteiger partial charge in [-0.3, -0.25) is 9.59 Å². The van der Waals surface area contributed by atoms with E-state index in [1.165, 1.54) is 0 Å². The molecule has 0 unspecified atom stereocenters. The summed E-state index contributed by atoms with van der Waals surface area (Å²) in [6, 6.07) is 9.74. The first-order valence-electron chi connectivity index (χ1n) is 10.2. The molecule has 1 aliphatic rings. The smallest absolute Gasteiger partial charge is 0.226 e. The van der Waals surface area contributed by atoms with Crippen LogP contribution in [-0.2, 0) is 16.0 Å². The van der Waals surface area contributed by atoms with Crippen molar-refractivity contribution in [3.8, 4) is 11.5 Å². The number of piperidine rings is 1. The highest BCUT2D eigenvalue weighted by molar-refractivity contribution is 5.79. The van der Waals surface area contributed by atoms with Crippen molar-refractivity contribution in [2.75, 3.05) is 13.1 Å². The average Bonchev–Trinajstić information content (AvgIpc) is 3.18. The number of carbonyl (C=O) groups excluding carboxylic acids is 2. The van der Waals surface area contributed by atoms with Gasteiger partial charge in [0.2, 0.25) is 17.7 Å². The van der Waals surface area contributed by atoms with Crippen LogP contribution < -0.4 is 5.32 Å². The molecule has 0 atom stereocenters. The average molecular weight is 383 g/mol. The molecule has 1 saturated heterocycles. The van der Waals surface area contributed by atoms with Gasteiger partial charge in [0.05, 0.1) is 12.1 Å². The summed E-state index contributed by atoms with van der Waals surface area (Å²) in [5, 5.41) is 3.07. The molecule has 150 valence electrons. The van der Waals surface area contributed by atoms with Gasteiger partial charge >= 0.3 is 0 Å². The second kappa shape index (κ2) is 9.53. The van der Waals surface area contributed by atoms with E-state index in [0.717, 1.165) is 31.2 Å². The van der Waals surface area contributed by atoms with Gasteiger partial charge in [-0.05, 0) is 37.8 Å². The Morgan fingerprint density at radius 2 is 1.86 bits per heavy atom. The van der Waals surface area contributed by atoms with Crippen LogP contribution in [0.5, 0.6) is 0 Å². The fraction of sp³-hybridized carbons (Fsp3) is 0.500. The molecule has 3 rings (SSSR count). The summed E-state index contributed by atoms with van der Waals surface area (Å²) in [6.07, 6.45) is 5.10. The number of nitrogens with zero attached hydrogens (tertiary/aromatic N) is 2. The van der Waals surface area contributed by atoms with E-state index in [9.17, 15) is 9.59 Å². The number of oxazole rings is 1. The molecule has 28 heavy (non-hydrogen) atoms. The van der Waals surface area contributed by atoms with Crippen LogP contribution in [0.3, 0.4) is 0 Å². The Balaban J connectivity index is 1.46. The second-order valence-electron chi connectivity index (χ2n) is 7.37. The maximum Gasteiger partial charge on any atom is 0.226 e. The Bertz CT molecular complexity index is 775. The molecule has 0 saturated carbocycles. The Morgan fingerprint density at radius 3 is 2.50 bits per heavy atom. The van der Waals surface area contributed by atoms with Crippen LogP contribution in [0.15, 0.2) is 41.0 Å². The minimum Gasteiger partial charge on any atom is -0.444 e. The quantitative estimate of drug-likeness (QED) is 0.795. The van der Waals surface area contributed by atoms with Crippen molar-refractivity contribution in [2.24, 2.45) is 5.92 Å². The zero-order valence-corrected chi connectivity index (χ0v) is 16.7. The molecule has 0 radical (unpaired) electrons. The Kier molecular flexibility index (Phi) is 6.85. The maximum atomic E-state index is 12.5. The summed E-state index contributed by atoms with van der Waals surface area (Å²) in [5.74, 6) is 0.845. The van der Waals surface area contributed by atoms with E-state index in [1.54, 1.807) is 6.26 Å². The number of likely N-dealkylation sites (tertiary alicyclic amines) is 1. The lowest BCUT2D eigenvalue weighted by molar-refractivity contribution is -0.137. The first-order chi connectivity index (χ1) is 13.6. The summed E-state index contributed by atoms with van der Waals surface area (Å²) < 4.78 is 5.49. The molecule has 1 aromatic heterocycles. The molecule has 1 aromatic carbocycles. The number of hydrogen-bond donors (Lipinski definition) is 1. The molecule has 0 aliphatic carbocycles. The molecule has 1 N–H and O–H groups in total. The van der Waals surface area contributed by atoms with Crippen LogP contribution in [0, 0.1) is 5.92 Å². The highest BCUT2D eigenvalue weighted by Crippen LogP contribution is 2.19. The normalized spacial score (nSPS) is 15.0. The van der Waals surface area contributed by atoms with E-state index in [2.05, 4.69) is 24.1 Å². The van der Waals surface area contributed by atoms with Crippen molar-refractivity contribution in [3.63, 3.8) is 0 Å². The van der Waals surface area contributed by atoms with Gasteiger partial charge in [-0.2, -0.15) is 0 Å². The fourth-order valence-electron chi connectivity index (χ4n) is 3.69. The number of rotatable bonds is 7. The Morgan fingerprint density at radius 1 is 1.18 bits per heavy atom. The minimum atomic E-state index is -0.0577. The van der Waals surface area contributed by atoms with E-state index in [1.807, 2.05) is 35.2 Å². The molecule has 1 fully saturated rings. The number of aromatic nitrogens is 1. The number of nitrogens with one attached hydrogen (secondary N) is 1. The van der Waals surface area contributed by atoms with E-state index in [4.69, 9.17) is 4.42 Å². The number of carbonyl (C=O) groups is 2. The van der Waals surface area contributed by atoms with Gasteiger partial charge in [-0.15, -0.1) is 0 Å². The molecule has 2 aromatic rings. The topological polar surface area (TPSA) is 75.4 Å². The lowest BCUT2D eigenvalue weighted by Crippen LogP contribution is -2.48. The summed E-state index contributed by atoms with van der Waals surface area (Å²) in [5.41, 5.74) is 1.52. The minimum absolute atomic E-state index is 0.0577. The molecular formula is C22H29N3O3. The molecule has 1 aliphatic heterocycles. The molecule has 2 heterocycles. The lowest BCUT2D eigenvalue weighted by Gasteiger charge is -2.34. The maximum absolute atomic E-state index is 12.5. The van der Waals surface area contributed by atoms with Crippen LogP contribution in [0.25, 0.3) is 11.5 Å². The summed E-state index contributed by atoms with van der Waals surface area (Å²) in [4.78, 5) is 31.2. The van der Waals surface area contributed by atoms with Gasteiger partial charge in [0.1, 0.15) is 6.26 Å². The van der Waals surface area contributed by atoms with Gasteiger partial charge in [-0.25, -0.2) is 4.98 Å². The van der Waals surface area contributed by atoms with Crippen LogP contribution >= 0.6 is 0 Å². The molecule has 0 bridgehead atoms. The summed E-state index contributed by atoms with van der Waals surface area (Å²) in [6.45, 7) is 5.54. The fourth-order valence-corrected chi connectivity index (χ4v) is 3.69. The van der Waals surface area contributed by atoms with Gasteiger partial charge in [0.15, 0.2) is 0 Å². The summed E-state index contributed by atoms with van der Waals surface area (Å²) in [7, 11) is 0. The number of benzene rings is 1. The predicted octanol–water partition coefficient (Wildman–Crippen LogP) is 3.43. The van der Waals surface area contributed by atoms with Crippen LogP contribution in [0.2, 0.25) is 0 Å². The third kappa shape index (κ3) is 5.00. The van der Waals surface area contributed by atoms with E-state index >= 15 is 0 Å². The van der Waals surface area contributed by atoms with Gasteiger partial charge < -0.3 is 14.6 Å². The molecule has 6 nitrogen and oxygen atoms in total.